The van der Waals surface area contributed by atoms with Gasteiger partial charge in [-0.1, -0.05) is 0 Å². The molecule has 0 saturated carbocycles. The summed E-state index contributed by atoms with van der Waals surface area (Å²) in [5.74, 6) is -11.9. The lowest BCUT2D eigenvalue weighted by molar-refractivity contribution is -0.0890. The molecule has 0 heterocycles. The number of hydrogen-bond acceptors (Lipinski definition) is 1. The summed E-state index contributed by atoms with van der Waals surface area (Å²) < 4.78 is 85.9. The van der Waals surface area contributed by atoms with E-state index < -0.39 is 40.8 Å². The van der Waals surface area contributed by atoms with E-state index in [4.69, 9.17) is 0 Å². The van der Waals surface area contributed by atoms with Crippen LogP contribution < -0.4 is 0 Å². The minimum absolute atomic E-state index is 0.294. The zero-order chi connectivity index (χ0) is 12.7. The lowest BCUT2D eigenvalue weighted by atomic mass is 10.1. The van der Waals surface area contributed by atoms with Crippen molar-refractivity contribution in [2.45, 2.75) is 6.18 Å². The van der Waals surface area contributed by atoms with E-state index in [1.165, 1.54) is 0 Å². The highest BCUT2D eigenvalue weighted by Crippen LogP contribution is 2.27. The Morgan fingerprint density at radius 1 is 0.938 bits per heavy atom. The normalized spacial score (nSPS) is 11.7. The number of carbonyl (C=O) groups excluding carboxylic acids is 1. The molecule has 8 heteroatoms. The Bertz CT molecular complexity index is 422. The van der Waals surface area contributed by atoms with Gasteiger partial charge in [-0.15, -0.1) is 0 Å². The van der Waals surface area contributed by atoms with Crippen LogP contribution in [-0.2, 0) is 0 Å². The maximum Gasteiger partial charge on any atom is 0.455 e. The Morgan fingerprint density at radius 2 is 1.31 bits per heavy atom. The van der Waals surface area contributed by atoms with E-state index in [1.807, 2.05) is 0 Å². The minimum atomic E-state index is -5.62. The summed E-state index contributed by atoms with van der Waals surface area (Å²) in [6.45, 7) is 0. The van der Waals surface area contributed by atoms with Crippen LogP contribution in [0.5, 0.6) is 0 Å². The van der Waals surface area contributed by atoms with Gasteiger partial charge in [-0.05, 0) is 0 Å². The first kappa shape index (κ1) is 12.5. The highest BCUT2D eigenvalue weighted by Gasteiger charge is 2.43. The third-order valence-corrected chi connectivity index (χ3v) is 1.60. The summed E-state index contributed by atoms with van der Waals surface area (Å²) in [6, 6.07) is -0.294. The third-order valence-electron chi connectivity index (χ3n) is 1.60. The number of carbonyl (C=O) groups is 1. The van der Waals surface area contributed by atoms with Gasteiger partial charge in [0.1, 0.15) is 5.56 Å². The fourth-order valence-electron chi connectivity index (χ4n) is 0.914. The van der Waals surface area contributed by atoms with Gasteiger partial charge in [-0.2, -0.15) is 13.2 Å². The fraction of sp³-hybridized carbons (Fsp3) is 0.125. The van der Waals surface area contributed by atoms with Crippen LogP contribution in [0.4, 0.5) is 30.7 Å². The molecule has 88 valence electrons. The molecule has 16 heavy (non-hydrogen) atoms. The van der Waals surface area contributed by atoms with E-state index in [0.717, 1.165) is 0 Å². The second-order valence-corrected chi connectivity index (χ2v) is 2.67. The predicted molar refractivity (Wildman–Crippen MR) is 36.7 cm³/mol. The molecular formula is C8HF7O. The van der Waals surface area contributed by atoms with Crippen molar-refractivity contribution >= 4 is 5.78 Å². The maximum absolute atomic E-state index is 12.7. The van der Waals surface area contributed by atoms with Crippen molar-refractivity contribution in [2.24, 2.45) is 0 Å². The lowest BCUT2D eigenvalue weighted by Crippen LogP contribution is -2.26. The van der Waals surface area contributed by atoms with E-state index in [0.29, 0.717) is 0 Å². The van der Waals surface area contributed by atoms with Crippen molar-refractivity contribution in [1.82, 2.24) is 0 Å². The molecule has 1 rings (SSSR count). The molecular weight excluding hydrogens is 245 g/mol. The van der Waals surface area contributed by atoms with Crippen LogP contribution >= 0.6 is 0 Å². The molecule has 0 amide bonds. The zero-order valence-corrected chi connectivity index (χ0v) is 7.13. The molecule has 1 aromatic rings. The van der Waals surface area contributed by atoms with Crippen molar-refractivity contribution in [3.63, 3.8) is 0 Å². The molecule has 0 spiro atoms. The SMILES string of the molecule is O=C(c1c(F)c(F)cc(F)c1F)C(F)(F)F. The number of alkyl halides is 3. The maximum atomic E-state index is 12.7. The smallest absolute Gasteiger partial charge is 0.284 e. The molecule has 1 nitrogen and oxygen atoms in total. The number of ketones is 1. The molecule has 0 radical (unpaired) electrons. The van der Waals surface area contributed by atoms with E-state index in [2.05, 4.69) is 0 Å². The lowest BCUT2D eigenvalue weighted by Gasteiger charge is -2.08. The standard InChI is InChI=1S/C8HF7O/c9-2-1-3(10)6(12)4(5(2)11)7(16)8(13,14)15/h1H. The van der Waals surface area contributed by atoms with Crippen LogP contribution in [0.1, 0.15) is 10.4 Å². The van der Waals surface area contributed by atoms with Gasteiger partial charge in [0.25, 0.3) is 5.78 Å². The van der Waals surface area contributed by atoms with Crippen molar-refractivity contribution in [3.8, 4) is 0 Å². The quantitative estimate of drug-likeness (QED) is 0.423. The molecule has 0 fully saturated rings. The molecule has 0 N–H and O–H groups in total. The second kappa shape index (κ2) is 3.76. The largest absolute Gasteiger partial charge is 0.455 e. The van der Waals surface area contributed by atoms with Crippen LogP contribution in [0, 0.1) is 23.3 Å². The number of halogens is 7. The van der Waals surface area contributed by atoms with Crippen LogP contribution in [0.2, 0.25) is 0 Å². The molecule has 0 saturated heterocycles. The first-order valence-electron chi connectivity index (χ1n) is 3.60. The Morgan fingerprint density at radius 3 is 1.62 bits per heavy atom. The molecule has 1 aromatic carbocycles. The third kappa shape index (κ3) is 2.00. The van der Waals surface area contributed by atoms with Crippen molar-refractivity contribution in [1.29, 1.82) is 0 Å². The summed E-state index contributed by atoms with van der Waals surface area (Å²) in [5, 5.41) is 0. The zero-order valence-electron chi connectivity index (χ0n) is 7.13. The van der Waals surface area contributed by atoms with E-state index >= 15 is 0 Å². The summed E-state index contributed by atoms with van der Waals surface area (Å²) >= 11 is 0. The number of benzene rings is 1. The second-order valence-electron chi connectivity index (χ2n) is 2.67. The van der Waals surface area contributed by atoms with Crippen LogP contribution in [0.25, 0.3) is 0 Å². The summed E-state index contributed by atoms with van der Waals surface area (Å²) in [5.41, 5.74) is -2.29. The van der Waals surface area contributed by atoms with Gasteiger partial charge in [-0.25, -0.2) is 17.6 Å². The molecule has 0 aliphatic heterocycles. The molecule has 0 aliphatic carbocycles. The van der Waals surface area contributed by atoms with Gasteiger partial charge in [0.2, 0.25) is 0 Å². The number of Topliss-reactive ketones (excluding diaryl/α,β-unsaturated/α-hetero) is 1. The highest BCUT2D eigenvalue weighted by molar-refractivity contribution is 6.00. The van der Waals surface area contributed by atoms with Gasteiger partial charge >= 0.3 is 6.18 Å². The van der Waals surface area contributed by atoms with Crippen molar-refractivity contribution in [2.75, 3.05) is 0 Å². The molecule has 0 atom stereocenters. The Kier molecular flexibility index (Phi) is 2.93. The predicted octanol–water partition coefficient (Wildman–Crippen LogP) is 2.99. The Balaban J connectivity index is 3.50. The van der Waals surface area contributed by atoms with E-state index in [9.17, 15) is 35.5 Å². The van der Waals surface area contributed by atoms with E-state index in [1.54, 1.807) is 0 Å². The number of hydrogen-bond donors (Lipinski definition) is 0. The van der Waals surface area contributed by atoms with Crippen molar-refractivity contribution < 1.29 is 35.5 Å². The van der Waals surface area contributed by atoms with Crippen LogP contribution in [-0.4, -0.2) is 12.0 Å². The number of rotatable bonds is 1. The van der Waals surface area contributed by atoms with Gasteiger partial charge in [-0.3, -0.25) is 4.79 Å². The van der Waals surface area contributed by atoms with Gasteiger partial charge in [0.05, 0.1) is 0 Å². The van der Waals surface area contributed by atoms with Gasteiger partial charge < -0.3 is 0 Å². The summed E-state index contributed by atoms with van der Waals surface area (Å²) in [4.78, 5) is 10.5. The summed E-state index contributed by atoms with van der Waals surface area (Å²) in [6.07, 6.45) is -5.62. The van der Waals surface area contributed by atoms with Gasteiger partial charge in [0, 0.05) is 6.07 Å². The average Bonchev–Trinajstić information content (AvgIpc) is 2.13. The van der Waals surface area contributed by atoms with Crippen LogP contribution in [0.15, 0.2) is 6.07 Å². The molecule has 0 unspecified atom stereocenters. The minimum Gasteiger partial charge on any atom is -0.284 e. The monoisotopic (exact) mass is 246 g/mol. The fourth-order valence-corrected chi connectivity index (χ4v) is 0.914. The summed E-state index contributed by atoms with van der Waals surface area (Å²) in [7, 11) is 0. The molecule has 0 bridgehead atoms. The Hall–Kier alpha value is -1.60. The topological polar surface area (TPSA) is 17.1 Å². The first-order chi connectivity index (χ1) is 7.16. The Labute approximate surface area is 83.5 Å². The van der Waals surface area contributed by atoms with Crippen molar-refractivity contribution in [3.05, 3.63) is 34.9 Å². The average molecular weight is 246 g/mol. The first-order valence-corrected chi connectivity index (χ1v) is 3.60. The highest BCUT2D eigenvalue weighted by atomic mass is 19.4. The van der Waals surface area contributed by atoms with Crippen LogP contribution in [0.3, 0.4) is 0 Å². The molecule has 0 aromatic heterocycles. The van der Waals surface area contributed by atoms with E-state index in [-0.39, 0.29) is 6.07 Å². The molecule has 0 aliphatic rings. The van der Waals surface area contributed by atoms with Gasteiger partial charge in [0.15, 0.2) is 23.3 Å².